The van der Waals surface area contributed by atoms with Crippen LogP contribution >= 0.6 is 0 Å². The second kappa shape index (κ2) is 7.21. The first kappa shape index (κ1) is 19.8. The van der Waals surface area contributed by atoms with Gasteiger partial charge < -0.3 is 14.6 Å². The van der Waals surface area contributed by atoms with Crippen LogP contribution in [0.15, 0.2) is 18.2 Å². The number of allylic oxidation sites excluding steroid dienone is 1. The second-order valence-corrected chi connectivity index (χ2v) is 8.49. The summed E-state index contributed by atoms with van der Waals surface area (Å²) in [5, 5.41) is 10.3. The lowest BCUT2D eigenvalue weighted by molar-refractivity contribution is -0.149. The van der Waals surface area contributed by atoms with Gasteiger partial charge >= 0.3 is 5.97 Å². The molecule has 1 N–H and O–H groups in total. The van der Waals surface area contributed by atoms with Gasteiger partial charge in [-0.15, -0.1) is 0 Å². The van der Waals surface area contributed by atoms with Crippen LogP contribution in [0.2, 0.25) is 0 Å². The average Bonchev–Trinajstić information content (AvgIpc) is 3.04. The third kappa shape index (κ3) is 2.84. The van der Waals surface area contributed by atoms with Crippen LogP contribution in [-0.2, 0) is 11.2 Å². The Bertz CT molecular complexity index is 737. The molecule has 4 heteroatoms. The van der Waals surface area contributed by atoms with Crippen LogP contribution in [0.3, 0.4) is 0 Å². The summed E-state index contributed by atoms with van der Waals surface area (Å²) >= 11 is 0. The number of aryl methyl sites for hydroxylation is 1. The van der Waals surface area contributed by atoms with E-state index in [0.717, 1.165) is 41.9 Å². The molecule has 0 amide bonds. The molecule has 1 fully saturated rings. The smallest absolute Gasteiger partial charge is 0.314 e. The minimum Gasteiger partial charge on any atom is -0.496 e. The van der Waals surface area contributed by atoms with Gasteiger partial charge in [-0.2, -0.15) is 0 Å². The van der Waals surface area contributed by atoms with Crippen molar-refractivity contribution in [3.05, 3.63) is 29.3 Å². The summed E-state index contributed by atoms with van der Waals surface area (Å²) in [6, 6.07) is 4.12. The number of ether oxygens (including phenoxy) is 2. The molecule has 148 valence electrons. The van der Waals surface area contributed by atoms with Crippen LogP contribution in [0.1, 0.15) is 64.0 Å². The predicted molar refractivity (Wildman–Crippen MR) is 107 cm³/mol. The van der Waals surface area contributed by atoms with E-state index < -0.39 is 11.4 Å². The summed E-state index contributed by atoms with van der Waals surface area (Å²) in [6.45, 7) is 6.36. The first-order chi connectivity index (χ1) is 12.8. The van der Waals surface area contributed by atoms with Crippen LogP contribution in [-0.4, -0.2) is 25.3 Å². The molecule has 0 radical (unpaired) electrons. The Morgan fingerprint density at radius 3 is 2.30 bits per heavy atom. The molecule has 0 aliphatic heterocycles. The molecule has 1 aromatic rings. The molecular weight excluding hydrogens is 340 g/mol. The Morgan fingerprint density at radius 1 is 1.19 bits per heavy atom. The Kier molecular flexibility index (Phi) is 5.29. The molecular formula is C23H32O4. The van der Waals surface area contributed by atoms with Gasteiger partial charge in [0.25, 0.3) is 0 Å². The minimum atomic E-state index is -0.887. The number of carboxylic acids is 1. The fraction of sp³-hybridized carbons (Fsp3) is 0.609. The Labute approximate surface area is 162 Å². The number of rotatable bonds is 8. The van der Waals surface area contributed by atoms with Crippen LogP contribution < -0.4 is 9.47 Å². The number of methoxy groups -OCH3 is 2. The molecule has 2 aliphatic carbocycles. The first-order valence-corrected chi connectivity index (χ1v) is 10.0. The van der Waals surface area contributed by atoms with Crippen molar-refractivity contribution in [3.8, 4) is 11.5 Å². The maximum absolute atomic E-state index is 12.5. The highest BCUT2D eigenvalue weighted by Crippen LogP contribution is 2.69. The summed E-state index contributed by atoms with van der Waals surface area (Å²) < 4.78 is 11.5. The number of fused-ring (bicyclic) bond motifs is 2. The average molecular weight is 373 g/mol. The lowest BCUT2D eigenvalue weighted by Crippen LogP contribution is -2.40. The predicted octanol–water partition coefficient (Wildman–Crippen LogP) is 5.34. The zero-order valence-electron chi connectivity index (χ0n) is 17.2. The highest BCUT2D eigenvalue weighted by atomic mass is 16.5. The van der Waals surface area contributed by atoms with Crippen molar-refractivity contribution in [2.24, 2.45) is 16.7 Å². The van der Waals surface area contributed by atoms with E-state index in [1.165, 1.54) is 18.4 Å². The Hall–Kier alpha value is -1.97. The third-order valence-corrected chi connectivity index (χ3v) is 6.95. The molecule has 3 rings (SSSR count). The summed E-state index contributed by atoms with van der Waals surface area (Å²) in [4.78, 5) is 12.5. The molecule has 27 heavy (non-hydrogen) atoms. The van der Waals surface area contributed by atoms with Crippen molar-refractivity contribution >= 4 is 11.5 Å². The summed E-state index contributed by atoms with van der Waals surface area (Å²) in [6.07, 6.45) is 8.21. The molecule has 2 atom stereocenters. The first-order valence-electron chi connectivity index (χ1n) is 10.0. The summed E-state index contributed by atoms with van der Waals surface area (Å²) in [5.41, 5.74) is 1.65. The second-order valence-electron chi connectivity index (χ2n) is 8.49. The summed E-state index contributed by atoms with van der Waals surface area (Å²) in [7, 11) is 3.31. The topological polar surface area (TPSA) is 55.8 Å². The molecule has 0 heterocycles. The largest absolute Gasteiger partial charge is 0.496 e. The van der Waals surface area contributed by atoms with E-state index in [1.54, 1.807) is 14.2 Å². The maximum Gasteiger partial charge on any atom is 0.314 e. The fourth-order valence-electron chi connectivity index (χ4n) is 5.24. The van der Waals surface area contributed by atoms with Gasteiger partial charge in [-0.05, 0) is 60.3 Å². The molecule has 4 nitrogen and oxygen atoms in total. The van der Waals surface area contributed by atoms with Gasteiger partial charge in [0.1, 0.15) is 11.5 Å². The van der Waals surface area contributed by atoms with E-state index >= 15 is 0 Å². The van der Waals surface area contributed by atoms with E-state index in [1.807, 2.05) is 0 Å². The fourth-order valence-corrected chi connectivity index (χ4v) is 5.24. The Morgan fingerprint density at radius 2 is 1.81 bits per heavy atom. The zero-order chi connectivity index (χ0) is 19.8. The van der Waals surface area contributed by atoms with Crippen LogP contribution in [0.4, 0.5) is 0 Å². The number of aliphatic carboxylic acids is 1. The molecule has 1 saturated carbocycles. The number of carboxylic acid groups (broad SMARTS) is 1. The van der Waals surface area contributed by atoms with Gasteiger partial charge in [0, 0.05) is 0 Å². The van der Waals surface area contributed by atoms with Crippen molar-refractivity contribution in [2.45, 2.75) is 59.3 Å². The van der Waals surface area contributed by atoms with Crippen LogP contribution in [0.25, 0.3) is 5.57 Å². The number of benzene rings is 1. The molecule has 2 aliphatic rings. The number of hydrogen-bond acceptors (Lipinski definition) is 3. The molecule has 1 aromatic carbocycles. The quantitative estimate of drug-likeness (QED) is 0.626. The maximum atomic E-state index is 12.5. The molecule has 0 unspecified atom stereocenters. The molecule has 0 spiro atoms. The number of hydrogen-bond donors (Lipinski definition) is 1. The van der Waals surface area contributed by atoms with E-state index in [2.05, 4.69) is 39.0 Å². The van der Waals surface area contributed by atoms with Crippen molar-refractivity contribution in [1.29, 1.82) is 0 Å². The SMILES string of the molecule is CCCCCc1cc(OC)c(C2=C[C@@H]3CC[C@@]2(C(=O)O)C3(C)C)c(OC)c1. The van der Waals surface area contributed by atoms with Gasteiger partial charge in [-0.1, -0.05) is 39.7 Å². The summed E-state index contributed by atoms with van der Waals surface area (Å²) in [5.74, 6) is 0.962. The highest BCUT2D eigenvalue weighted by molar-refractivity contribution is 5.98. The van der Waals surface area contributed by atoms with Crippen LogP contribution in [0.5, 0.6) is 11.5 Å². The van der Waals surface area contributed by atoms with Gasteiger partial charge in [-0.25, -0.2) is 0 Å². The lowest BCUT2D eigenvalue weighted by Gasteiger charge is -2.37. The standard InChI is InChI=1S/C23H32O4/c1-6-7-8-9-15-12-18(26-4)20(19(13-15)27-5)17-14-16-10-11-23(17,21(24)25)22(16,2)3/h12-14,16H,6-11H2,1-5H3,(H,24,25)/t16-,23+/m0/s1. The molecule has 0 aromatic heterocycles. The highest BCUT2D eigenvalue weighted by Gasteiger charge is 2.65. The third-order valence-electron chi connectivity index (χ3n) is 6.95. The van der Waals surface area contributed by atoms with Gasteiger partial charge in [-0.3, -0.25) is 4.79 Å². The van der Waals surface area contributed by atoms with Gasteiger partial charge in [0.15, 0.2) is 0 Å². The zero-order valence-corrected chi connectivity index (χ0v) is 17.2. The lowest BCUT2D eigenvalue weighted by atomic mass is 9.64. The Balaban J connectivity index is 2.11. The van der Waals surface area contributed by atoms with E-state index in [-0.39, 0.29) is 11.3 Å². The van der Waals surface area contributed by atoms with Crippen LogP contribution in [0, 0.1) is 16.7 Å². The van der Waals surface area contributed by atoms with Crippen molar-refractivity contribution in [3.63, 3.8) is 0 Å². The van der Waals surface area contributed by atoms with Gasteiger partial charge in [0.05, 0.1) is 25.2 Å². The van der Waals surface area contributed by atoms with Gasteiger partial charge in [0.2, 0.25) is 0 Å². The normalized spacial score (nSPS) is 25.4. The van der Waals surface area contributed by atoms with Crippen molar-refractivity contribution < 1.29 is 19.4 Å². The number of unbranched alkanes of at least 4 members (excludes halogenated alkanes) is 2. The molecule has 2 bridgehead atoms. The molecule has 0 saturated heterocycles. The minimum absolute atomic E-state index is 0.266. The monoisotopic (exact) mass is 372 g/mol. The van der Waals surface area contributed by atoms with Crippen molar-refractivity contribution in [1.82, 2.24) is 0 Å². The van der Waals surface area contributed by atoms with E-state index in [9.17, 15) is 9.90 Å². The van der Waals surface area contributed by atoms with Crippen molar-refractivity contribution in [2.75, 3.05) is 14.2 Å². The van der Waals surface area contributed by atoms with E-state index in [0.29, 0.717) is 6.42 Å². The number of carbonyl (C=O) groups is 1. The van der Waals surface area contributed by atoms with E-state index in [4.69, 9.17) is 9.47 Å².